The van der Waals surface area contributed by atoms with E-state index in [9.17, 15) is 0 Å². The van der Waals surface area contributed by atoms with Crippen LogP contribution in [0.25, 0.3) is 0 Å². The van der Waals surface area contributed by atoms with Crippen LogP contribution in [0.5, 0.6) is 0 Å². The van der Waals surface area contributed by atoms with Gasteiger partial charge >= 0.3 is 0 Å². The van der Waals surface area contributed by atoms with E-state index >= 15 is 0 Å². The minimum absolute atomic E-state index is 0.190. The second-order valence-electron chi connectivity index (χ2n) is 3.96. The van der Waals surface area contributed by atoms with Crippen molar-refractivity contribution in [2.24, 2.45) is 0 Å². The zero-order valence-corrected chi connectivity index (χ0v) is 12.0. The van der Waals surface area contributed by atoms with Gasteiger partial charge < -0.3 is 15.0 Å². The first-order chi connectivity index (χ1) is 8.20. The molecule has 6 heteroatoms. The molecule has 1 aromatic rings. The van der Waals surface area contributed by atoms with Crippen LogP contribution in [-0.4, -0.2) is 44.4 Å². The van der Waals surface area contributed by atoms with Gasteiger partial charge in [0.05, 0.1) is 17.7 Å². The van der Waals surface area contributed by atoms with Crippen LogP contribution in [0, 0.1) is 0 Å². The van der Waals surface area contributed by atoms with Gasteiger partial charge in [0.25, 0.3) is 0 Å². The average molecular weight is 321 g/mol. The van der Waals surface area contributed by atoms with Crippen molar-refractivity contribution in [1.29, 1.82) is 0 Å². The number of hydrogen-bond donors (Lipinski definition) is 1. The Labute approximate surface area is 114 Å². The Balaban J connectivity index is 2.10. The van der Waals surface area contributed by atoms with Crippen LogP contribution < -0.4 is 10.2 Å². The molecule has 0 aliphatic carbocycles. The van der Waals surface area contributed by atoms with E-state index in [4.69, 9.17) is 16.3 Å². The summed E-state index contributed by atoms with van der Waals surface area (Å²) in [5.74, 6) is 0.833. The number of hydrogen-bond acceptors (Lipinski definition) is 4. The normalized spacial score (nSPS) is 20.6. The van der Waals surface area contributed by atoms with Gasteiger partial charge in [0.2, 0.25) is 0 Å². The van der Waals surface area contributed by atoms with E-state index in [-0.39, 0.29) is 6.10 Å². The highest BCUT2D eigenvalue weighted by Crippen LogP contribution is 2.27. The standard InChI is InChI=1S/C11H15BrClN3O/c1-14-6-9-7-16(2-3-17-9)11-10(13)4-8(12)5-15-11/h4-5,9,14H,2-3,6-7H2,1H3. The van der Waals surface area contributed by atoms with Gasteiger partial charge in [-0.05, 0) is 29.0 Å². The summed E-state index contributed by atoms with van der Waals surface area (Å²) >= 11 is 9.55. The molecule has 1 N–H and O–H groups in total. The number of pyridine rings is 1. The number of morpholine rings is 1. The highest BCUT2D eigenvalue weighted by atomic mass is 79.9. The molecule has 0 bridgehead atoms. The maximum absolute atomic E-state index is 6.20. The van der Waals surface area contributed by atoms with Crippen molar-refractivity contribution in [2.45, 2.75) is 6.10 Å². The first kappa shape index (κ1) is 13.1. The van der Waals surface area contributed by atoms with E-state index in [1.165, 1.54) is 0 Å². The van der Waals surface area contributed by atoms with E-state index < -0.39 is 0 Å². The average Bonchev–Trinajstić information content (AvgIpc) is 2.29. The third-order valence-corrected chi connectivity index (χ3v) is 3.37. The maximum Gasteiger partial charge on any atom is 0.147 e. The van der Waals surface area contributed by atoms with Gasteiger partial charge in [-0.25, -0.2) is 4.98 Å². The highest BCUT2D eigenvalue weighted by molar-refractivity contribution is 9.10. The zero-order valence-electron chi connectivity index (χ0n) is 9.62. The molecule has 1 atom stereocenters. The molecular weight excluding hydrogens is 305 g/mol. The van der Waals surface area contributed by atoms with Gasteiger partial charge in [-0.1, -0.05) is 11.6 Å². The summed E-state index contributed by atoms with van der Waals surface area (Å²) < 4.78 is 6.54. The SMILES string of the molecule is CNCC1CN(c2ncc(Br)cc2Cl)CCO1. The summed E-state index contributed by atoms with van der Waals surface area (Å²) in [6.07, 6.45) is 1.96. The Kier molecular flexibility index (Phi) is 4.62. The van der Waals surface area contributed by atoms with Crippen LogP contribution >= 0.6 is 27.5 Å². The van der Waals surface area contributed by atoms with Crippen molar-refractivity contribution in [2.75, 3.05) is 38.2 Å². The molecule has 0 radical (unpaired) electrons. The third kappa shape index (κ3) is 3.31. The van der Waals surface area contributed by atoms with E-state index in [2.05, 4.69) is 31.1 Å². The molecule has 0 amide bonds. The number of ether oxygens (including phenoxy) is 1. The molecule has 1 aliphatic rings. The van der Waals surface area contributed by atoms with Crippen LogP contribution in [-0.2, 0) is 4.74 Å². The molecule has 2 heterocycles. The number of rotatable bonds is 3. The van der Waals surface area contributed by atoms with Crippen molar-refractivity contribution in [3.63, 3.8) is 0 Å². The number of anilines is 1. The monoisotopic (exact) mass is 319 g/mol. The number of aromatic nitrogens is 1. The van der Waals surface area contributed by atoms with Crippen LogP contribution in [0.3, 0.4) is 0 Å². The molecule has 1 saturated heterocycles. The molecule has 17 heavy (non-hydrogen) atoms. The molecule has 2 rings (SSSR count). The quantitative estimate of drug-likeness (QED) is 0.923. The number of halogens is 2. The van der Waals surface area contributed by atoms with E-state index in [0.717, 1.165) is 29.9 Å². The Morgan fingerprint density at radius 3 is 3.24 bits per heavy atom. The molecular formula is C11H15BrClN3O. The van der Waals surface area contributed by atoms with Gasteiger partial charge in [-0.15, -0.1) is 0 Å². The number of nitrogens with zero attached hydrogens (tertiary/aromatic N) is 2. The van der Waals surface area contributed by atoms with Crippen LogP contribution in [0.15, 0.2) is 16.7 Å². The minimum Gasteiger partial charge on any atom is -0.373 e. The Bertz CT molecular complexity index is 389. The smallest absolute Gasteiger partial charge is 0.147 e. The topological polar surface area (TPSA) is 37.4 Å². The Hall–Kier alpha value is -0.360. The molecule has 4 nitrogen and oxygen atoms in total. The summed E-state index contributed by atoms with van der Waals surface area (Å²) in [5, 5.41) is 3.79. The third-order valence-electron chi connectivity index (χ3n) is 2.66. The minimum atomic E-state index is 0.190. The fourth-order valence-corrected chi connectivity index (χ4v) is 2.65. The molecule has 94 valence electrons. The highest BCUT2D eigenvalue weighted by Gasteiger charge is 2.22. The lowest BCUT2D eigenvalue weighted by Gasteiger charge is -2.34. The first-order valence-electron chi connectivity index (χ1n) is 5.53. The van der Waals surface area contributed by atoms with Crippen molar-refractivity contribution >= 4 is 33.3 Å². The van der Waals surface area contributed by atoms with Crippen molar-refractivity contribution in [3.8, 4) is 0 Å². The number of nitrogens with one attached hydrogen (secondary N) is 1. The van der Waals surface area contributed by atoms with Gasteiger partial charge in [0.1, 0.15) is 5.82 Å². The van der Waals surface area contributed by atoms with Gasteiger partial charge in [0, 0.05) is 30.3 Å². The molecule has 0 aromatic carbocycles. The van der Waals surface area contributed by atoms with E-state index in [0.29, 0.717) is 11.6 Å². The van der Waals surface area contributed by atoms with E-state index in [1.54, 1.807) is 6.20 Å². The van der Waals surface area contributed by atoms with Crippen LogP contribution in [0.1, 0.15) is 0 Å². The van der Waals surface area contributed by atoms with E-state index in [1.807, 2.05) is 13.1 Å². The Morgan fingerprint density at radius 1 is 1.71 bits per heavy atom. The molecule has 0 saturated carbocycles. The molecule has 1 aromatic heterocycles. The lowest BCUT2D eigenvalue weighted by molar-refractivity contribution is 0.0419. The van der Waals surface area contributed by atoms with Gasteiger partial charge in [0.15, 0.2) is 0 Å². The summed E-state index contributed by atoms with van der Waals surface area (Å²) in [4.78, 5) is 6.53. The molecule has 0 spiro atoms. The first-order valence-corrected chi connectivity index (χ1v) is 6.70. The van der Waals surface area contributed by atoms with Gasteiger partial charge in [-0.2, -0.15) is 0 Å². The summed E-state index contributed by atoms with van der Waals surface area (Å²) in [7, 11) is 1.92. The second kappa shape index (κ2) is 6.00. The fraction of sp³-hybridized carbons (Fsp3) is 0.545. The zero-order chi connectivity index (χ0) is 12.3. The largest absolute Gasteiger partial charge is 0.373 e. The molecule has 1 fully saturated rings. The van der Waals surface area contributed by atoms with Gasteiger partial charge in [-0.3, -0.25) is 0 Å². The fourth-order valence-electron chi connectivity index (χ4n) is 1.90. The lowest BCUT2D eigenvalue weighted by Crippen LogP contribution is -2.46. The van der Waals surface area contributed by atoms with Crippen molar-refractivity contribution in [1.82, 2.24) is 10.3 Å². The van der Waals surface area contributed by atoms with Crippen LogP contribution in [0.2, 0.25) is 5.02 Å². The second-order valence-corrected chi connectivity index (χ2v) is 5.28. The van der Waals surface area contributed by atoms with Crippen molar-refractivity contribution in [3.05, 3.63) is 21.8 Å². The predicted molar refractivity (Wildman–Crippen MR) is 72.8 cm³/mol. The summed E-state index contributed by atoms with van der Waals surface area (Å²) in [6.45, 7) is 3.19. The number of likely N-dealkylation sites (N-methyl/N-ethyl adjacent to an activating group) is 1. The van der Waals surface area contributed by atoms with Crippen molar-refractivity contribution < 1.29 is 4.74 Å². The maximum atomic E-state index is 6.20. The summed E-state index contributed by atoms with van der Waals surface area (Å²) in [5.41, 5.74) is 0. The lowest BCUT2D eigenvalue weighted by atomic mass is 10.2. The molecule has 1 unspecified atom stereocenters. The predicted octanol–water partition coefficient (Wildman–Crippen LogP) is 1.92. The summed E-state index contributed by atoms with van der Waals surface area (Å²) in [6, 6.07) is 1.87. The van der Waals surface area contributed by atoms with Crippen LogP contribution in [0.4, 0.5) is 5.82 Å². The Morgan fingerprint density at radius 2 is 2.53 bits per heavy atom. The molecule has 1 aliphatic heterocycles.